The van der Waals surface area contributed by atoms with Gasteiger partial charge in [-0.1, -0.05) is 51.1 Å². The molecular formula is C21H27NO. The number of fused-ring (bicyclic) bond motifs is 1. The van der Waals surface area contributed by atoms with E-state index in [-0.39, 0.29) is 11.8 Å². The second kappa shape index (κ2) is 6.35. The first-order chi connectivity index (χ1) is 10.9. The fourth-order valence-electron chi connectivity index (χ4n) is 3.73. The minimum absolute atomic E-state index is 0.167. The van der Waals surface area contributed by atoms with Crippen LogP contribution in [0.5, 0.6) is 0 Å². The molecule has 2 aromatic rings. The minimum Gasteiger partial charge on any atom is -0.326 e. The molecule has 23 heavy (non-hydrogen) atoms. The molecular weight excluding hydrogens is 282 g/mol. The van der Waals surface area contributed by atoms with Crippen LogP contribution in [0.15, 0.2) is 42.5 Å². The average molecular weight is 309 g/mol. The Bertz CT molecular complexity index is 690. The molecule has 0 unspecified atom stereocenters. The molecule has 1 N–H and O–H groups in total. The summed E-state index contributed by atoms with van der Waals surface area (Å²) in [5, 5.41) is 5.49. The monoisotopic (exact) mass is 309 g/mol. The molecule has 0 aromatic heterocycles. The van der Waals surface area contributed by atoms with Crippen molar-refractivity contribution in [1.82, 2.24) is 0 Å². The molecule has 0 saturated heterocycles. The van der Waals surface area contributed by atoms with Crippen molar-refractivity contribution in [3.05, 3.63) is 42.5 Å². The normalized spacial score (nSPS) is 22.0. The van der Waals surface area contributed by atoms with Gasteiger partial charge in [0, 0.05) is 11.6 Å². The Labute approximate surface area is 139 Å². The summed E-state index contributed by atoms with van der Waals surface area (Å²) >= 11 is 0. The van der Waals surface area contributed by atoms with E-state index < -0.39 is 0 Å². The van der Waals surface area contributed by atoms with Crippen LogP contribution in [0.4, 0.5) is 5.69 Å². The number of nitrogens with one attached hydrogen (secondary N) is 1. The molecule has 0 radical (unpaired) electrons. The highest BCUT2D eigenvalue weighted by Crippen LogP contribution is 2.40. The van der Waals surface area contributed by atoms with Crippen molar-refractivity contribution in [3.8, 4) is 0 Å². The molecule has 1 amide bonds. The van der Waals surface area contributed by atoms with E-state index >= 15 is 0 Å². The zero-order valence-electron chi connectivity index (χ0n) is 14.4. The first-order valence-corrected chi connectivity index (χ1v) is 8.73. The molecule has 2 nitrogen and oxygen atoms in total. The van der Waals surface area contributed by atoms with Crippen LogP contribution in [-0.4, -0.2) is 5.91 Å². The second-order valence-corrected chi connectivity index (χ2v) is 7.97. The van der Waals surface area contributed by atoms with Gasteiger partial charge in [0.2, 0.25) is 5.91 Å². The van der Waals surface area contributed by atoms with E-state index in [9.17, 15) is 4.79 Å². The molecule has 0 atom stereocenters. The molecule has 1 aliphatic carbocycles. The summed E-state index contributed by atoms with van der Waals surface area (Å²) in [6.07, 6.45) is 4.36. The molecule has 122 valence electrons. The summed E-state index contributed by atoms with van der Waals surface area (Å²) in [6.45, 7) is 6.94. The van der Waals surface area contributed by atoms with E-state index in [0.717, 1.165) is 24.4 Å². The number of amides is 1. The van der Waals surface area contributed by atoms with Crippen molar-refractivity contribution < 1.29 is 4.79 Å². The van der Waals surface area contributed by atoms with Crippen LogP contribution in [0.2, 0.25) is 0 Å². The van der Waals surface area contributed by atoms with Crippen molar-refractivity contribution in [2.75, 3.05) is 5.32 Å². The Morgan fingerprint density at radius 1 is 0.957 bits per heavy atom. The van der Waals surface area contributed by atoms with Gasteiger partial charge in [0.05, 0.1) is 0 Å². The predicted octanol–water partition coefficient (Wildman–Crippen LogP) is 5.63. The van der Waals surface area contributed by atoms with Crippen molar-refractivity contribution in [1.29, 1.82) is 0 Å². The first-order valence-electron chi connectivity index (χ1n) is 8.73. The van der Waals surface area contributed by atoms with Crippen molar-refractivity contribution in [3.63, 3.8) is 0 Å². The third-order valence-electron chi connectivity index (χ3n) is 5.34. The molecule has 0 aliphatic heterocycles. The van der Waals surface area contributed by atoms with Crippen molar-refractivity contribution >= 4 is 22.4 Å². The Morgan fingerprint density at radius 3 is 2.26 bits per heavy atom. The largest absolute Gasteiger partial charge is 0.326 e. The van der Waals surface area contributed by atoms with Crippen molar-refractivity contribution in [2.24, 2.45) is 17.3 Å². The van der Waals surface area contributed by atoms with E-state index in [1.807, 2.05) is 18.2 Å². The van der Waals surface area contributed by atoms with Crippen LogP contribution >= 0.6 is 0 Å². The standard InChI is InChI=1S/C21H27NO/c1-21(2,3)18-11-8-16(9-12-18)20(23)22-19-13-10-15-6-4-5-7-17(15)14-19/h4-7,10,13-14,16,18H,8-9,11-12H2,1-3H3,(H,22,23). The number of carbonyl (C=O) groups is 1. The molecule has 1 saturated carbocycles. The van der Waals surface area contributed by atoms with Gasteiger partial charge in [0.25, 0.3) is 0 Å². The number of hydrogen-bond donors (Lipinski definition) is 1. The fraction of sp³-hybridized carbons (Fsp3) is 0.476. The van der Waals surface area contributed by atoms with Gasteiger partial charge in [-0.05, 0) is 59.9 Å². The van der Waals surface area contributed by atoms with Crippen LogP contribution in [0, 0.1) is 17.3 Å². The van der Waals surface area contributed by atoms with Gasteiger partial charge in [-0.2, -0.15) is 0 Å². The highest BCUT2D eigenvalue weighted by atomic mass is 16.1. The summed E-state index contributed by atoms with van der Waals surface area (Å²) in [7, 11) is 0. The van der Waals surface area contributed by atoms with Gasteiger partial charge in [-0.3, -0.25) is 4.79 Å². The predicted molar refractivity (Wildman–Crippen MR) is 97.5 cm³/mol. The maximum Gasteiger partial charge on any atom is 0.227 e. The summed E-state index contributed by atoms with van der Waals surface area (Å²) in [6, 6.07) is 14.4. The van der Waals surface area contributed by atoms with Crippen LogP contribution in [0.3, 0.4) is 0 Å². The fourth-order valence-corrected chi connectivity index (χ4v) is 3.73. The van der Waals surface area contributed by atoms with Crippen LogP contribution in [0.1, 0.15) is 46.5 Å². The summed E-state index contributed by atoms with van der Waals surface area (Å²) < 4.78 is 0. The van der Waals surface area contributed by atoms with Crippen LogP contribution in [0.25, 0.3) is 10.8 Å². The molecule has 0 heterocycles. The topological polar surface area (TPSA) is 29.1 Å². The van der Waals surface area contributed by atoms with Gasteiger partial charge in [-0.25, -0.2) is 0 Å². The van der Waals surface area contributed by atoms with Gasteiger partial charge >= 0.3 is 0 Å². The van der Waals surface area contributed by atoms with Gasteiger partial charge in [0.15, 0.2) is 0 Å². The second-order valence-electron chi connectivity index (χ2n) is 7.97. The molecule has 0 bridgehead atoms. The summed E-state index contributed by atoms with van der Waals surface area (Å²) in [5.41, 5.74) is 1.27. The lowest BCUT2D eigenvalue weighted by atomic mass is 9.69. The van der Waals surface area contributed by atoms with E-state index in [2.05, 4.69) is 50.4 Å². The number of rotatable bonds is 2. The van der Waals surface area contributed by atoms with E-state index in [0.29, 0.717) is 5.41 Å². The lowest BCUT2D eigenvalue weighted by molar-refractivity contribution is -0.121. The zero-order valence-corrected chi connectivity index (χ0v) is 14.4. The quantitative estimate of drug-likeness (QED) is 0.765. The van der Waals surface area contributed by atoms with Crippen LogP contribution < -0.4 is 5.32 Å². The Hall–Kier alpha value is -1.83. The van der Waals surface area contributed by atoms with Crippen molar-refractivity contribution in [2.45, 2.75) is 46.5 Å². The molecule has 2 aromatic carbocycles. The van der Waals surface area contributed by atoms with Gasteiger partial charge in [0.1, 0.15) is 0 Å². The highest BCUT2D eigenvalue weighted by Gasteiger charge is 2.32. The van der Waals surface area contributed by atoms with E-state index in [1.54, 1.807) is 0 Å². The van der Waals surface area contributed by atoms with Gasteiger partial charge < -0.3 is 5.32 Å². The maximum atomic E-state index is 12.5. The Balaban J connectivity index is 1.63. The lowest BCUT2D eigenvalue weighted by Crippen LogP contribution is -2.31. The molecule has 1 aliphatic rings. The highest BCUT2D eigenvalue weighted by molar-refractivity contribution is 5.95. The number of anilines is 1. The molecule has 0 spiro atoms. The van der Waals surface area contributed by atoms with E-state index in [1.165, 1.54) is 23.6 Å². The molecule has 1 fully saturated rings. The smallest absolute Gasteiger partial charge is 0.227 e. The zero-order chi connectivity index (χ0) is 16.4. The third kappa shape index (κ3) is 3.74. The molecule has 2 heteroatoms. The number of benzene rings is 2. The van der Waals surface area contributed by atoms with E-state index in [4.69, 9.17) is 0 Å². The minimum atomic E-state index is 0.167. The maximum absolute atomic E-state index is 12.5. The van der Waals surface area contributed by atoms with Crippen LogP contribution in [-0.2, 0) is 4.79 Å². The lowest BCUT2D eigenvalue weighted by Gasteiger charge is -2.36. The molecule has 3 rings (SSSR count). The summed E-state index contributed by atoms with van der Waals surface area (Å²) in [5.74, 6) is 1.10. The number of carbonyl (C=O) groups excluding carboxylic acids is 1. The third-order valence-corrected chi connectivity index (χ3v) is 5.34. The average Bonchev–Trinajstić information content (AvgIpc) is 2.54. The van der Waals surface area contributed by atoms with Gasteiger partial charge in [-0.15, -0.1) is 0 Å². The SMILES string of the molecule is CC(C)(C)C1CCC(C(=O)Nc2ccc3ccccc3c2)CC1. The Morgan fingerprint density at radius 2 is 1.61 bits per heavy atom. The Kier molecular flexibility index (Phi) is 4.43. The number of hydrogen-bond acceptors (Lipinski definition) is 1. The first kappa shape index (κ1) is 16.0. The summed E-state index contributed by atoms with van der Waals surface area (Å²) in [4.78, 5) is 12.5.